The Bertz CT molecular complexity index is 104. The first kappa shape index (κ1) is 12.9. The Kier molecular flexibility index (Phi) is 8.40. The van der Waals surface area contributed by atoms with E-state index in [0.29, 0.717) is 13.2 Å². The molecule has 0 aromatic heterocycles. The van der Waals surface area contributed by atoms with Gasteiger partial charge in [-0.2, -0.15) is 0 Å². The number of rotatable bonds is 8. The quantitative estimate of drug-likeness (QED) is 0.591. The van der Waals surface area contributed by atoms with Crippen molar-refractivity contribution in [2.24, 2.45) is 0 Å². The summed E-state index contributed by atoms with van der Waals surface area (Å²) in [6.07, 6.45) is 1.75. The molecule has 0 saturated heterocycles. The van der Waals surface area contributed by atoms with Gasteiger partial charge in [0.15, 0.2) is 0 Å². The summed E-state index contributed by atoms with van der Waals surface area (Å²) >= 11 is 0. The van der Waals surface area contributed by atoms with E-state index in [-0.39, 0.29) is 6.10 Å². The van der Waals surface area contributed by atoms with Crippen molar-refractivity contribution >= 4 is 0 Å². The van der Waals surface area contributed by atoms with E-state index >= 15 is 0 Å². The maximum atomic E-state index is 9.10. The normalized spacial score (nSPS) is 15.7. The molecule has 1 N–H and O–H groups in total. The van der Waals surface area contributed by atoms with Crippen LogP contribution in [0.2, 0.25) is 0 Å². The van der Waals surface area contributed by atoms with Gasteiger partial charge in [-0.25, -0.2) is 0 Å². The molecular formula is C10H22O3. The standard InChI is InChI=1S/C10H22O3/c1-4-5-6-12-7-8-13-10(3)9(2)11/h9-11H,4-8H2,1-3H3/t9-,10?/m0/s1. The van der Waals surface area contributed by atoms with Crippen LogP contribution in [0.1, 0.15) is 33.6 Å². The summed E-state index contributed by atoms with van der Waals surface area (Å²) in [5.74, 6) is 0. The van der Waals surface area contributed by atoms with Crippen molar-refractivity contribution in [2.75, 3.05) is 19.8 Å². The van der Waals surface area contributed by atoms with Crippen molar-refractivity contribution in [1.29, 1.82) is 0 Å². The molecule has 0 aromatic carbocycles. The fourth-order valence-electron chi connectivity index (χ4n) is 0.781. The van der Waals surface area contributed by atoms with Crippen LogP contribution in [-0.2, 0) is 9.47 Å². The lowest BCUT2D eigenvalue weighted by molar-refractivity contribution is -0.0407. The highest BCUT2D eigenvalue weighted by Crippen LogP contribution is 1.97. The first-order valence-electron chi connectivity index (χ1n) is 5.06. The van der Waals surface area contributed by atoms with E-state index in [4.69, 9.17) is 14.6 Å². The zero-order valence-electron chi connectivity index (χ0n) is 8.95. The van der Waals surface area contributed by atoms with Crippen LogP contribution in [0.3, 0.4) is 0 Å². The molecule has 3 heteroatoms. The molecule has 0 spiro atoms. The molecule has 0 saturated carbocycles. The van der Waals surface area contributed by atoms with Crippen LogP contribution < -0.4 is 0 Å². The zero-order valence-corrected chi connectivity index (χ0v) is 8.95. The van der Waals surface area contributed by atoms with E-state index in [0.717, 1.165) is 19.4 Å². The molecule has 0 aliphatic carbocycles. The van der Waals surface area contributed by atoms with Gasteiger partial charge in [-0.15, -0.1) is 0 Å². The van der Waals surface area contributed by atoms with Crippen molar-refractivity contribution in [2.45, 2.75) is 45.8 Å². The average molecular weight is 190 g/mol. The third kappa shape index (κ3) is 8.22. The maximum absolute atomic E-state index is 9.10. The highest BCUT2D eigenvalue weighted by atomic mass is 16.5. The Hall–Kier alpha value is -0.120. The SMILES string of the molecule is CCCCOCCOC(C)[C@H](C)O. The first-order chi connectivity index (χ1) is 6.18. The molecule has 2 atom stereocenters. The molecule has 0 aliphatic heterocycles. The minimum Gasteiger partial charge on any atom is -0.391 e. The van der Waals surface area contributed by atoms with Crippen LogP contribution in [0.15, 0.2) is 0 Å². The van der Waals surface area contributed by atoms with E-state index in [1.165, 1.54) is 0 Å². The van der Waals surface area contributed by atoms with Crippen LogP contribution in [0.25, 0.3) is 0 Å². The molecule has 13 heavy (non-hydrogen) atoms. The Morgan fingerprint density at radius 2 is 1.85 bits per heavy atom. The van der Waals surface area contributed by atoms with Gasteiger partial charge in [0.05, 0.1) is 25.4 Å². The number of hydrogen-bond acceptors (Lipinski definition) is 3. The molecule has 3 nitrogen and oxygen atoms in total. The first-order valence-corrected chi connectivity index (χ1v) is 5.06. The van der Waals surface area contributed by atoms with E-state index in [1.54, 1.807) is 6.92 Å². The predicted molar refractivity (Wildman–Crippen MR) is 52.8 cm³/mol. The van der Waals surface area contributed by atoms with Crippen LogP contribution in [0.4, 0.5) is 0 Å². The Labute approximate surface area is 81.0 Å². The summed E-state index contributed by atoms with van der Waals surface area (Å²) < 4.78 is 10.6. The molecule has 0 fully saturated rings. The number of unbranched alkanes of at least 4 members (excludes halogenated alkanes) is 1. The smallest absolute Gasteiger partial charge is 0.0804 e. The predicted octanol–water partition coefficient (Wildman–Crippen LogP) is 1.59. The second-order valence-electron chi connectivity index (χ2n) is 3.28. The van der Waals surface area contributed by atoms with Crippen LogP contribution in [-0.4, -0.2) is 37.1 Å². The zero-order chi connectivity index (χ0) is 10.1. The minimum atomic E-state index is -0.407. The second kappa shape index (κ2) is 8.48. The monoisotopic (exact) mass is 190 g/mol. The number of aliphatic hydroxyl groups excluding tert-OH is 1. The van der Waals surface area contributed by atoms with Crippen molar-refractivity contribution in [3.63, 3.8) is 0 Å². The molecule has 0 aliphatic rings. The lowest BCUT2D eigenvalue weighted by Crippen LogP contribution is -2.24. The van der Waals surface area contributed by atoms with Gasteiger partial charge in [-0.3, -0.25) is 0 Å². The Balaban J connectivity index is 3.07. The molecular weight excluding hydrogens is 168 g/mol. The minimum absolute atomic E-state index is 0.102. The van der Waals surface area contributed by atoms with Crippen molar-refractivity contribution in [1.82, 2.24) is 0 Å². The molecule has 0 bridgehead atoms. The summed E-state index contributed by atoms with van der Waals surface area (Å²) in [4.78, 5) is 0. The summed E-state index contributed by atoms with van der Waals surface area (Å²) in [6, 6.07) is 0. The van der Waals surface area contributed by atoms with Gasteiger partial charge >= 0.3 is 0 Å². The number of hydrogen-bond donors (Lipinski definition) is 1. The molecule has 0 amide bonds. The van der Waals surface area contributed by atoms with Crippen molar-refractivity contribution in [3.8, 4) is 0 Å². The molecule has 1 unspecified atom stereocenters. The van der Waals surface area contributed by atoms with Crippen LogP contribution in [0, 0.1) is 0 Å². The fourth-order valence-corrected chi connectivity index (χ4v) is 0.781. The lowest BCUT2D eigenvalue weighted by atomic mass is 10.3. The van der Waals surface area contributed by atoms with E-state index in [9.17, 15) is 0 Å². The molecule has 0 aromatic rings. The number of ether oxygens (including phenoxy) is 2. The van der Waals surface area contributed by atoms with Gasteiger partial charge in [-0.05, 0) is 20.3 Å². The van der Waals surface area contributed by atoms with Crippen molar-refractivity contribution < 1.29 is 14.6 Å². The van der Waals surface area contributed by atoms with Gasteiger partial charge in [0.2, 0.25) is 0 Å². The Morgan fingerprint density at radius 1 is 1.15 bits per heavy atom. The fraction of sp³-hybridized carbons (Fsp3) is 1.00. The van der Waals surface area contributed by atoms with E-state index in [1.807, 2.05) is 6.92 Å². The van der Waals surface area contributed by atoms with Crippen LogP contribution in [0.5, 0.6) is 0 Å². The lowest BCUT2D eigenvalue weighted by Gasteiger charge is -2.15. The van der Waals surface area contributed by atoms with Crippen LogP contribution >= 0.6 is 0 Å². The third-order valence-electron chi connectivity index (χ3n) is 1.93. The summed E-state index contributed by atoms with van der Waals surface area (Å²) in [6.45, 7) is 7.71. The highest BCUT2D eigenvalue weighted by Gasteiger charge is 2.07. The second-order valence-corrected chi connectivity index (χ2v) is 3.28. The molecule has 0 heterocycles. The molecule has 80 valence electrons. The van der Waals surface area contributed by atoms with E-state index < -0.39 is 6.10 Å². The largest absolute Gasteiger partial charge is 0.391 e. The van der Waals surface area contributed by atoms with Gasteiger partial charge in [-0.1, -0.05) is 13.3 Å². The molecule has 0 rings (SSSR count). The van der Waals surface area contributed by atoms with Gasteiger partial charge in [0.25, 0.3) is 0 Å². The molecule has 0 radical (unpaired) electrons. The summed E-state index contributed by atoms with van der Waals surface area (Å²) in [5.41, 5.74) is 0. The summed E-state index contributed by atoms with van der Waals surface area (Å²) in [7, 11) is 0. The highest BCUT2D eigenvalue weighted by molar-refractivity contribution is 4.56. The van der Waals surface area contributed by atoms with E-state index in [2.05, 4.69) is 6.92 Å². The summed E-state index contributed by atoms with van der Waals surface area (Å²) in [5, 5.41) is 9.10. The topological polar surface area (TPSA) is 38.7 Å². The average Bonchev–Trinajstić information content (AvgIpc) is 2.10. The number of aliphatic hydroxyl groups is 1. The van der Waals surface area contributed by atoms with Crippen molar-refractivity contribution in [3.05, 3.63) is 0 Å². The van der Waals surface area contributed by atoms with Gasteiger partial charge in [0.1, 0.15) is 0 Å². The van der Waals surface area contributed by atoms with Gasteiger partial charge < -0.3 is 14.6 Å². The maximum Gasteiger partial charge on any atom is 0.0804 e. The third-order valence-corrected chi connectivity index (χ3v) is 1.93. The Morgan fingerprint density at radius 3 is 2.38 bits per heavy atom. The van der Waals surface area contributed by atoms with Gasteiger partial charge in [0, 0.05) is 6.61 Å².